The lowest BCUT2D eigenvalue weighted by molar-refractivity contribution is -0.115. The standard InChI is InChI=1S/C22H14N2O3S/c25-21-20(28-22(26)24-21)11-18-14(9-15-12-27-8-7-17(15)18)10-16-6-5-13-3-1-2-4-19(13)23-16/h1-9,11-12H,10H2,(H,24,25,26). The Labute approximate surface area is 164 Å². The number of para-hydroxylation sites is 1. The molecule has 2 amide bonds. The van der Waals surface area contributed by atoms with Crippen molar-refractivity contribution in [1.29, 1.82) is 0 Å². The molecule has 1 fully saturated rings. The molecular weight excluding hydrogens is 372 g/mol. The second kappa shape index (κ2) is 6.65. The van der Waals surface area contributed by atoms with Gasteiger partial charge in [0.25, 0.3) is 11.1 Å². The number of aromatic nitrogens is 1. The predicted molar refractivity (Wildman–Crippen MR) is 109 cm³/mol. The Morgan fingerprint density at radius 3 is 2.86 bits per heavy atom. The summed E-state index contributed by atoms with van der Waals surface area (Å²) in [6.45, 7) is 0. The molecule has 3 heterocycles. The van der Waals surface area contributed by atoms with E-state index >= 15 is 0 Å². The fourth-order valence-corrected chi connectivity index (χ4v) is 4.11. The van der Waals surface area contributed by atoms with Gasteiger partial charge in [-0.1, -0.05) is 24.3 Å². The van der Waals surface area contributed by atoms with Crippen molar-refractivity contribution in [3.05, 3.63) is 82.8 Å². The summed E-state index contributed by atoms with van der Waals surface area (Å²) in [5.41, 5.74) is 5.74. The first-order valence-electron chi connectivity index (χ1n) is 8.75. The van der Waals surface area contributed by atoms with Crippen molar-refractivity contribution in [2.75, 3.05) is 0 Å². The minimum atomic E-state index is -0.361. The van der Waals surface area contributed by atoms with E-state index in [1.165, 1.54) is 0 Å². The lowest BCUT2D eigenvalue weighted by Crippen LogP contribution is -2.17. The molecule has 3 aliphatic rings. The van der Waals surface area contributed by atoms with Gasteiger partial charge in [-0.3, -0.25) is 19.9 Å². The predicted octanol–water partition coefficient (Wildman–Crippen LogP) is 4.85. The Morgan fingerprint density at radius 2 is 2.00 bits per heavy atom. The molecule has 2 aromatic rings. The molecule has 0 bridgehead atoms. The maximum atomic E-state index is 12.0. The minimum Gasteiger partial charge on any atom is -0.472 e. The van der Waals surface area contributed by atoms with E-state index in [-0.39, 0.29) is 11.1 Å². The first kappa shape index (κ1) is 16.8. The van der Waals surface area contributed by atoms with Crippen molar-refractivity contribution in [3.63, 3.8) is 0 Å². The maximum absolute atomic E-state index is 12.0. The van der Waals surface area contributed by atoms with Crippen LogP contribution in [-0.4, -0.2) is 16.1 Å². The van der Waals surface area contributed by atoms with Crippen LogP contribution in [0.4, 0.5) is 4.79 Å². The smallest absolute Gasteiger partial charge is 0.290 e. The van der Waals surface area contributed by atoms with E-state index in [4.69, 9.17) is 9.40 Å². The Balaban J connectivity index is 1.60. The molecule has 1 N–H and O–H groups in total. The van der Waals surface area contributed by atoms with E-state index in [1.54, 1.807) is 18.6 Å². The van der Waals surface area contributed by atoms with Gasteiger partial charge in [-0.15, -0.1) is 0 Å². The summed E-state index contributed by atoms with van der Waals surface area (Å²) in [6, 6.07) is 16.0. The first-order valence-corrected chi connectivity index (χ1v) is 9.56. The number of hydrogen-bond acceptors (Lipinski definition) is 5. The summed E-state index contributed by atoms with van der Waals surface area (Å²) >= 11 is 0.920. The van der Waals surface area contributed by atoms with Crippen LogP contribution in [0, 0.1) is 0 Å². The molecule has 0 unspecified atom stereocenters. The van der Waals surface area contributed by atoms with Crippen LogP contribution in [0.1, 0.15) is 16.8 Å². The molecule has 1 aromatic carbocycles. The molecule has 1 aliphatic carbocycles. The molecule has 0 spiro atoms. The van der Waals surface area contributed by atoms with E-state index < -0.39 is 0 Å². The minimum absolute atomic E-state index is 0.347. The summed E-state index contributed by atoms with van der Waals surface area (Å²) in [4.78, 5) is 28.7. The molecule has 28 heavy (non-hydrogen) atoms. The van der Waals surface area contributed by atoms with Crippen LogP contribution in [0.2, 0.25) is 0 Å². The summed E-state index contributed by atoms with van der Waals surface area (Å²) in [5, 5.41) is 3.05. The van der Waals surface area contributed by atoms with Crippen molar-refractivity contribution >= 4 is 39.9 Å². The molecule has 0 radical (unpaired) electrons. The normalized spacial score (nSPS) is 15.6. The molecule has 5 nitrogen and oxygen atoms in total. The highest BCUT2D eigenvalue weighted by Crippen LogP contribution is 2.37. The molecule has 136 valence electrons. The van der Waals surface area contributed by atoms with Gasteiger partial charge < -0.3 is 4.42 Å². The molecule has 6 heteroatoms. The number of amides is 2. The third-order valence-electron chi connectivity index (χ3n) is 4.73. The van der Waals surface area contributed by atoms with Gasteiger partial charge in [0.1, 0.15) is 0 Å². The molecule has 0 saturated carbocycles. The summed E-state index contributed by atoms with van der Waals surface area (Å²) in [7, 11) is 0. The Morgan fingerprint density at radius 1 is 1.11 bits per heavy atom. The van der Waals surface area contributed by atoms with Crippen molar-refractivity contribution in [2.24, 2.45) is 0 Å². The second-order valence-electron chi connectivity index (χ2n) is 6.53. The number of carbonyl (C=O) groups excluding carboxylic acids is 2. The van der Waals surface area contributed by atoms with Crippen molar-refractivity contribution < 1.29 is 14.0 Å². The zero-order valence-electron chi connectivity index (χ0n) is 14.6. The summed E-state index contributed by atoms with van der Waals surface area (Å²) < 4.78 is 5.30. The Bertz CT molecular complexity index is 1240. The van der Waals surface area contributed by atoms with Gasteiger partial charge in [-0.05, 0) is 58.8 Å². The second-order valence-corrected chi connectivity index (χ2v) is 7.55. The monoisotopic (exact) mass is 386 g/mol. The molecular formula is C22H14N2O3S. The quantitative estimate of drug-likeness (QED) is 0.510. The van der Waals surface area contributed by atoms with Crippen molar-refractivity contribution in [2.45, 2.75) is 6.42 Å². The van der Waals surface area contributed by atoms with Gasteiger partial charge >= 0.3 is 0 Å². The van der Waals surface area contributed by atoms with Crippen LogP contribution >= 0.6 is 11.8 Å². The Hall–Kier alpha value is -3.38. The largest absolute Gasteiger partial charge is 0.472 e. The number of fused-ring (bicyclic) bond motifs is 2. The molecule has 1 saturated heterocycles. The number of hydrogen-bond donors (Lipinski definition) is 1. The van der Waals surface area contributed by atoms with Gasteiger partial charge in [-0.2, -0.15) is 0 Å². The van der Waals surface area contributed by atoms with E-state index in [1.807, 2.05) is 42.5 Å². The fraction of sp³-hybridized carbons (Fsp3) is 0.0455. The molecule has 1 aromatic heterocycles. The molecule has 0 atom stereocenters. The lowest BCUT2D eigenvalue weighted by atomic mass is 10.0. The van der Waals surface area contributed by atoms with Crippen LogP contribution in [0.15, 0.2) is 70.4 Å². The van der Waals surface area contributed by atoms with Crippen LogP contribution in [0.25, 0.3) is 28.1 Å². The number of nitrogens with zero attached hydrogens (tertiary/aromatic N) is 1. The average Bonchev–Trinajstić information content (AvgIpc) is 3.21. The Kier molecular flexibility index (Phi) is 3.98. The third kappa shape index (κ3) is 2.97. The number of thioether (sulfide) groups is 1. The van der Waals surface area contributed by atoms with Crippen LogP contribution in [0.5, 0.6) is 0 Å². The average molecular weight is 386 g/mol. The topological polar surface area (TPSA) is 72.2 Å². The highest BCUT2D eigenvalue weighted by Gasteiger charge is 2.26. The fourth-order valence-electron chi connectivity index (χ4n) is 3.45. The van der Waals surface area contributed by atoms with E-state index in [0.29, 0.717) is 11.3 Å². The van der Waals surface area contributed by atoms with E-state index in [0.717, 1.165) is 50.6 Å². The van der Waals surface area contributed by atoms with Gasteiger partial charge in [0.05, 0.1) is 22.9 Å². The maximum Gasteiger partial charge on any atom is 0.290 e. The highest BCUT2D eigenvalue weighted by molar-refractivity contribution is 8.18. The lowest BCUT2D eigenvalue weighted by Gasteiger charge is -2.05. The van der Waals surface area contributed by atoms with Crippen LogP contribution in [0.3, 0.4) is 0 Å². The first-order chi connectivity index (χ1) is 13.7. The third-order valence-corrected chi connectivity index (χ3v) is 5.54. The van der Waals surface area contributed by atoms with Crippen molar-refractivity contribution in [3.8, 4) is 11.1 Å². The van der Waals surface area contributed by atoms with Gasteiger partial charge in [0, 0.05) is 23.1 Å². The van der Waals surface area contributed by atoms with Gasteiger partial charge in [0.2, 0.25) is 0 Å². The number of imide groups is 1. The van der Waals surface area contributed by atoms with Crippen LogP contribution in [-0.2, 0) is 11.2 Å². The number of nitrogens with one attached hydrogen (secondary N) is 1. The zero-order valence-corrected chi connectivity index (χ0v) is 15.5. The van der Waals surface area contributed by atoms with Gasteiger partial charge in [0.15, 0.2) is 0 Å². The van der Waals surface area contributed by atoms with Crippen molar-refractivity contribution in [1.82, 2.24) is 10.3 Å². The number of pyridine rings is 1. The van der Waals surface area contributed by atoms with E-state index in [2.05, 4.69) is 11.4 Å². The number of carbonyl (C=O) groups is 2. The number of benzene rings is 1. The summed E-state index contributed by atoms with van der Waals surface area (Å²) in [5.74, 6) is -0.361. The van der Waals surface area contributed by atoms with Crippen LogP contribution < -0.4 is 5.32 Å². The molecule has 5 rings (SSSR count). The van der Waals surface area contributed by atoms with Gasteiger partial charge in [-0.25, -0.2) is 0 Å². The number of rotatable bonds is 3. The SMILES string of the molecule is O=C1NC(=O)C(=Cc2c(Cc3ccc4ccccc4n3)cc3coccc2-3)S1. The zero-order chi connectivity index (χ0) is 19.1. The summed E-state index contributed by atoms with van der Waals surface area (Å²) in [6.07, 6.45) is 5.68. The molecule has 2 aliphatic heterocycles. The van der Waals surface area contributed by atoms with E-state index in [9.17, 15) is 9.59 Å². The highest BCUT2D eigenvalue weighted by atomic mass is 32.2.